The summed E-state index contributed by atoms with van der Waals surface area (Å²) in [6.45, 7) is 8.99. The Morgan fingerprint density at radius 1 is 1.15 bits per heavy atom. The molecule has 0 N–H and O–H groups in total. The quantitative estimate of drug-likeness (QED) is 0.614. The fourth-order valence-corrected chi connectivity index (χ4v) is 3.74. The van der Waals surface area contributed by atoms with Gasteiger partial charge in [-0.25, -0.2) is 0 Å². The summed E-state index contributed by atoms with van der Waals surface area (Å²) in [6, 6.07) is 2.15. The molecule has 1 fully saturated rings. The average molecular weight is 215 g/mol. The molecule has 0 bridgehead atoms. The van der Waals surface area contributed by atoms with Crippen LogP contribution in [0.1, 0.15) is 33.3 Å². The van der Waals surface area contributed by atoms with E-state index in [4.69, 9.17) is 11.6 Å². The Labute approximate surface area is 88.9 Å². The number of hydrogen-bond acceptors (Lipinski definition) is 1. The number of halogens is 1. The fourth-order valence-electron chi connectivity index (χ4n) is 2.43. The highest BCUT2D eigenvalue weighted by Gasteiger charge is 2.77. The highest BCUT2D eigenvalue weighted by atomic mass is 35.5. The highest BCUT2D eigenvalue weighted by Crippen LogP contribution is 2.80. The van der Waals surface area contributed by atoms with Crippen molar-refractivity contribution in [2.75, 3.05) is 0 Å². The van der Waals surface area contributed by atoms with Crippen LogP contribution in [0.3, 0.4) is 0 Å². The summed E-state index contributed by atoms with van der Waals surface area (Å²) in [6.07, 6.45) is 0. The zero-order chi connectivity index (χ0) is 9.91. The van der Waals surface area contributed by atoms with Gasteiger partial charge in [0, 0.05) is 0 Å². The van der Waals surface area contributed by atoms with Gasteiger partial charge in [0.05, 0.1) is 4.87 Å². The maximum atomic E-state index is 6.70. The van der Waals surface area contributed by atoms with Gasteiger partial charge in [0.25, 0.3) is 0 Å². The van der Waals surface area contributed by atoms with Gasteiger partial charge in [0.15, 0.2) is 0 Å². The molecule has 0 saturated heterocycles. The lowest BCUT2D eigenvalue weighted by Crippen LogP contribution is -2.05. The number of rotatable bonds is 1. The Hall–Kier alpha value is -0.0100. The van der Waals surface area contributed by atoms with Gasteiger partial charge in [-0.2, -0.15) is 11.3 Å². The minimum absolute atomic E-state index is 0.153. The molecule has 1 aliphatic carbocycles. The molecule has 0 spiro atoms. The first-order chi connectivity index (χ1) is 5.86. The van der Waals surface area contributed by atoms with E-state index in [1.54, 1.807) is 11.3 Å². The van der Waals surface area contributed by atoms with Crippen LogP contribution in [0.25, 0.3) is 0 Å². The lowest BCUT2D eigenvalue weighted by molar-refractivity contribution is 0.457. The third-order valence-electron chi connectivity index (χ3n) is 4.14. The van der Waals surface area contributed by atoms with Crippen LogP contribution in [0.15, 0.2) is 16.8 Å². The minimum atomic E-state index is -0.153. The summed E-state index contributed by atoms with van der Waals surface area (Å²) in [4.78, 5) is -0.153. The van der Waals surface area contributed by atoms with Crippen LogP contribution in [0.5, 0.6) is 0 Å². The number of hydrogen-bond donors (Lipinski definition) is 0. The van der Waals surface area contributed by atoms with E-state index >= 15 is 0 Å². The zero-order valence-corrected chi connectivity index (χ0v) is 10.1. The second-order valence-corrected chi connectivity index (χ2v) is 6.27. The molecule has 1 aromatic rings. The minimum Gasteiger partial charge on any atom is -0.152 e. The first-order valence-corrected chi connectivity index (χ1v) is 5.89. The molecule has 2 heteroatoms. The van der Waals surface area contributed by atoms with E-state index in [1.807, 2.05) is 0 Å². The third-order valence-corrected chi connectivity index (χ3v) is 5.99. The van der Waals surface area contributed by atoms with E-state index < -0.39 is 0 Å². The van der Waals surface area contributed by atoms with Gasteiger partial charge < -0.3 is 0 Å². The van der Waals surface area contributed by atoms with Crippen molar-refractivity contribution in [3.63, 3.8) is 0 Å². The standard InChI is InChI=1S/C11H15ClS/c1-9(2)10(3,4)11(9,12)8-5-6-13-7-8/h5-7H,1-4H3. The van der Waals surface area contributed by atoms with Crippen LogP contribution >= 0.6 is 22.9 Å². The summed E-state index contributed by atoms with van der Waals surface area (Å²) in [5.74, 6) is 0. The summed E-state index contributed by atoms with van der Waals surface area (Å²) in [5, 5.41) is 4.27. The molecule has 0 radical (unpaired) electrons. The van der Waals surface area contributed by atoms with Crippen LogP contribution < -0.4 is 0 Å². The van der Waals surface area contributed by atoms with Crippen molar-refractivity contribution >= 4 is 22.9 Å². The molecule has 0 unspecified atom stereocenters. The normalized spacial score (nSPS) is 27.2. The maximum Gasteiger partial charge on any atom is 0.0816 e. The van der Waals surface area contributed by atoms with Gasteiger partial charge >= 0.3 is 0 Å². The molecule has 0 amide bonds. The highest BCUT2D eigenvalue weighted by molar-refractivity contribution is 7.08. The Bertz CT molecular complexity index is 308. The van der Waals surface area contributed by atoms with E-state index in [1.165, 1.54) is 5.56 Å². The topological polar surface area (TPSA) is 0 Å². The van der Waals surface area contributed by atoms with Crippen LogP contribution in [-0.4, -0.2) is 0 Å². The molecule has 0 nitrogen and oxygen atoms in total. The summed E-state index contributed by atoms with van der Waals surface area (Å²) in [7, 11) is 0. The molecule has 0 aliphatic heterocycles. The van der Waals surface area contributed by atoms with Crippen molar-refractivity contribution in [1.82, 2.24) is 0 Å². The van der Waals surface area contributed by atoms with Crippen molar-refractivity contribution in [2.45, 2.75) is 32.6 Å². The van der Waals surface area contributed by atoms with Gasteiger partial charge in [-0.05, 0) is 33.2 Å². The first kappa shape index (κ1) is 9.54. The molecule has 0 aromatic carbocycles. The van der Waals surface area contributed by atoms with Crippen molar-refractivity contribution in [2.24, 2.45) is 10.8 Å². The predicted molar refractivity (Wildman–Crippen MR) is 59.4 cm³/mol. The Kier molecular flexibility index (Phi) is 1.70. The van der Waals surface area contributed by atoms with Crippen molar-refractivity contribution in [3.05, 3.63) is 22.4 Å². The van der Waals surface area contributed by atoms with Gasteiger partial charge in [0.2, 0.25) is 0 Å². The Morgan fingerprint density at radius 2 is 1.69 bits per heavy atom. The molecular formula is C11H15ClS. The van der Waals surface area contributed by atoms with Gasteiger partial charge in [0.1, 0.15) is 0 Å². The molecule has 1 saturated carbocycles. The lowest BCUT2D eigenvalue weighted by Gasteiger charge is -2.10. The molecule has 1 heterocycles. The largest absolute Gasteiger partial charge is 0.152 e. The van der Waals surface area contributed by atoms with Crippen LogP contribution in [0, 0.1) is 10.8 Å². The SMILES string of the molecule is CC1(C)C(C)(C)C1(Cl)c1ccsc1. The van der Waals surface area contributed by atoms with Crippen molar-refractivity contribution in [3.8, 4) is 0 Å². The lowest BCUT2D eigenvalue weighted by atomic mass is 10.0. The third kappa shape index (κ3) is 0.829. The Morgan fingerprint density at radius 3 is 2.00 bits per heavy atom. The maximum absolute atomic E-state index is 6.70. The van der Waals surface area contributed by atoms with E-state index in [0.29, 0.717) is 0 Å². The van der Waals surface area contributed by atoms with E-state index in [0.717, 1.165) is 0 Å². The van der Waals surface area contributed by atoms with E-state index in [2.05, 4.69) is 44.5 Å². The second kappa shape index (κ2) is 2.32. The molecule has 72 valence electrons. The number of alkyl halides is 1. The first-order valence-electron chi connectivity index (χ1n) is 4.57. The van der Waals surface area contributed by atoms with E-state index in [9.17, 15) is 0 Å². The average Bonchev–Trinajstić information content (AvgIpc) is 2.54. The summed E-state index contributed by atoms with van der Waals surface area (Å²) < 4.78 is 0. The van der Waals surface area contributed by atoms with Gasteiger partial charge in [-0.3, -0.25) is 0 Å². The molecular weight excluding hydrogens is 200 g/mol. The Balaban J connectivity index is 2.48. The molecule has 13 heavy (non-hydrogen) atoms. The summed E-state index contributed by atoms with van der Waals surface area (Å²) >= 11 is 8.42. The predicted octanol–water partition coefficient (Wildman–Crippen LogP) is 4.25. The monoisotopic (exact) mass is 214 g/mol. The fraction of sp³-hybridized carbons (Fsp3) is 0.636. The van der Waals surface area contributed by atoms with Crippen LogP contribution in [0.2, 0.25) is 0 Å². The van der Waals surface area contributed by atoms with E-state index in [-0.39, 0.29) is 15.7 Å². The van der Waals surface area contributed by atoms with Crippen molar-refractivity contribution in [1.29, 1.82) is 0 Å². The smallest absolute Gasteiger partial charge is 0.0816 e. The molecule has 0 atom stereocenters. The zero-order valence-electron chi connectivity index (χ0n) is 8.52. The second-order valence-electron chi connectivity index (χ2n) is 4.92. The van der Waals surface area contributed by atoms with Gasteiger partial charge in [-0.15, -0.1) is 11.6 Å². The molecule has 2 rings (SSSR count). The van der Waals surface area contributed by atoms with Gasteiger partial charge in [-0.1, -0.05) is 27.7 Å². The van der Waals surface area contributed by atoms with Crippen molar-refractivity contribution < 1.29 is 0 Å². The summed E-state index contributed by atoms with van der Waals surface area (Å²) in [5.41, 5.74) is 1.68. The van der Waals surface area contributed by atoms with Crippen LogP contribution in [-0.2, 0) is 4.87 Å². The van der Waals surface area contributed by atoms with Crippen LogP contribution in [0.4, 0.5) is 0 Å². The molecule has 1 aromatic heterocycles. The molecule has 1 aliphatic rings. The number of thiophene rings is 1.